The van der Waals surface area contributed by atoms with E-state index in [1.165, 1.54) is 44.4 Å². The molecule has 2 saturated heterocycles. The van der Waals surface area contributed by atoms with Gasteiger partial charge in [-0.3, -0.25) is 14.5 Å². The summed E-state index contributed by atoms with van der Waals surface area (Å²) in [5.41, 5.74) is 2.81. The van der Waals surface area contributed by atoms with Crippen molar-refractivity contribution in [2.24, 2.45) is 7.05 Å². The Kier molecular flexibility index (Phi) is 7.62. The Labute approximate surface area is 232 Å². The van der Waals surface area contributed by atoms with E-state index in [1.807, 2.05) is 0 Å². The van der Waals surface area contributed by atoms with E-state index in [0.29, 0.717) is 27.9 Å². The number of hydrogen-bond acceptors (Lipinski definition) is 11. The molecular weight excluding hydrogens is 572 g/mol. The van der Waals surface area contributed by atoms with Gasteiger partial charge in [0.2, 0.25) is 11.1 Å². The monoisotopic (exact) mass is 594 g/mol. The molecule has 2 aromatic rings. The third-order valence-corrected chi connectivity index (χ3v) is 9.34. The second kappa shape index (κ2) is 11.1. The van der Waals surface area contributed by atoms with Crippen LogP contribution in [0.4, 0.5) is 9.59 Å². The van der Waals surface area contributed by atoms with Crippen LogP contribution < -0.4 is 21.4 Å². The van der Waals surface area contributed by atoms with E-state index in [4.69, 9.17) is 0 Å². The summed E-state index contributed by atoms with van der Waals surface area (Å²) in [6.07, 6.45) is 0. The molecule has 3 aliphatic rings. The number of thiophene rings is 1. The number of β-lactam (4-membered cyclic amide) rings is 1. The highest BCUT2D eigenvalue weighted by molar-refractivity contribution is 8.01. The zero-order valence-electron chi connectivity index (χ0n) is 20.2. The number of nitrogens with zero attached hydrogens (tertiary/aromatic N) is 6. The Bertz CT molecular complexity index is 1350. The minimum absolute atomic E-state index is 0.118. The lowest BCUT2D eigenvalue weighted by atomic mass is 10.0. The van der Waals surface area contributed by atoms with E-state index in [9.17, 15) is 29.1 Å². The van der Waals surface area contributed by atoms with Gasteiger partial charge in [-0.2, -0.15) is 0 Å². The van der Waals surface area contributed by atoms with Gasteiger partial charge in [-0.25, -0.2) is 29.5 Å². The van der Waals surface area contributed by atoms with Crippen molar-refractivity contribution in [2.75, 3.05) is 24.6 Å². The van der Waals surface area contributed by atoms with Crippen LogP contribution in [0.2, 0.25) is 0 Å². The van der Waals surface area contributed by atoms with Crippen LogP contribution >= 0.6 is 34.9 Å². The van der Waals surface area contributed by atoms with Crippen LogP contribution in [-0.4, -0.2) is 101 Å². The molecule has 0 spiro atoms. The number of aliphatic carboxylic acids is 1. The Morgan fingerprint density at radius 3 is 2.79 bits per heavy atom. The maximum atomic E-state index is 13.3. The molecule has 0 aliphatic carbocycles. The Morgan fingerprint density at radius 2 is 2.15 bits per heavy atom. The number of urea groups is 2. The van der Waals surface area contributed by atoms with Crippen LogP contribution in [0.5, 0.6) is 0 Å². The molecule has 2 fully saturated rings. The number of carbonyl (C=O) groups excluding carboxylic acids is 4. The normalized spacial score (nSPS) is 21.2. The average molecular weight is 595 g/mol. The van der Waals surface area contributed by atoms with Crippen LogP contribution in [0.15, 0.2) is 33.9 Å². The molecule has 6 amide bonds. The van der Waals surface area contributed by atoms with Crippen molar-refractivity contribution in [1.29, 1.82) is 0 Å². The van der Waals surface area contributed by atoms with E-state index in [2.05, 4.69) is 36.9 Å². The van der Waals surface area contributed by atoms with E-state index in [-0.39, 0.29) is 18.0 Å². The molecule has 2 aromatic heterocycles. The van der Waals surface area contributed by atoms with E-state index < -0.39 is 47.3 Å². The van der Waals surface area contributed by atoms with Crippen LogP contribution in [0, 0.1) is 0 Å². The van der Waals surface area contributed by atoms with Gasteiger partial charge in [0, 0.05) is 30.0 Å². The lowest BCUT2D eigenvalue weighted by Gasteiger charge is -2.49. The second-order valence-corrected chi connectivity index (χ2v) is 11.5. The van der Waals surface area contributed by atoms with Crippen molar-refractivity contribution in [3.63, 3.8) is 0 Å². The summed E-state index contributed by atoms with van der Waals surface area (Å²) in [5, 5.41) is 31.5. The zero-order valence-corrected chi connectivity index (χ0v) is 22.6. The van der Waals surface area contributed by atoms with Crippen molar-refractivity contribution >= 4 is 64.7 Å². The highest BCUT2D eigenvalue weighted by Crippen LogP contribution is 2.41. The molecule has 0 radical (unpaired) electrons. The number of carboxylic acid groups (broad SMARTS) is 1. The molecule has 206 valence electrons. The Balaban J connectivity index is 1.26. The van der Waals surface area contributed by atoms with Gasteiger partial charge in [0.1, 0.15) is 23.2 Å². The number of amides is 6. The maximum absolute atomic E-state index is 13.3. The topological polar surface area (TPSA) is 204 Å². The molecule has 0 aromatic carbocycles. The van der Waals surface area contributed by atoms with Crippen molar-refractivity contribution < 1.29 is 29.1 Å². The molecular formula is C20H22N10O6S3. The first-order chi connectivity index (χ1) is 18.7. The molecule has 3 aliphatic heterocycles. The molecule has 5 heterocycles. The Morgan fingerprint density at radius 1 is 1.33 bits per heavy atom. The highest BCUT2D eigenvalue weighted by atomic mass is 32.2. The Hall–Kier alpha value is -3.84. The fourth-order valence-corrected chi connectivity index (χ4v) is 7.22. The van der Waals surface area contributed by atoms with Gasteiger partial charge in [-0.1, -0.05) is 17.8 Å². The number of rotatable bonds is 9. The molecule has 3 atom stereocenters. The van der Waals surface area contributed by atoms with Crippen LogP contribution in [-0.2, 0) is 21.4 Å². The zero-order chi connectivity index (χ0) is 27.7. The number of hydrogen-bond donors (Lipinski definition) is 5. The lowest BCUT2D eigenvalue weighted by molar-refractivity contribution is -0.150. The number of carbonyl (C=O) groups is 5. The van der Waals surface area contributed by atoms with Gasteiger partial charge < -0.3 is 21.1 Å². The third kappa shape index (κ3) is 5.36. The fourth-order valence-electron chi connectivity index (χ4n) is 4.11. The van der Waals surface area contributed by atoms with E-state index in [1.54, 1.807) is 24.6 Å². The first kappa shape index (κ1) is 26.8. The number of fused-ring (bicyclic) bond motifs is 1. The van der Waals surface area contributed by atoms with Crippen molar-refractivity contribution in [3.8, 4) is 0 Å². The minimum atomic E-state index is -1.24. The van der Waals surface area contributed by atoms with Gasteiger partial charge in [0.05, 0.1) is 6.54 Å². The molecule has 0 bridgehead atoms. The molecule has 5 rings (SSSR count). The number of nitrogens with one attached hydrogen (secondary N) is 4. The lowest BCUT2D eigenvalue weighted by Crippen LogP contribution is -2.71. The summed E-state index contributed by atoms with van der Waals surface area (Å²) in [7, 11) is 1.66. The first-order valence-electron chi connectivity index (χ1n) is 11.5. The number of aromatic nitrogens is 4. The average Bonchev–Trinajstić information content (AvgIpc) is 3.67. The number of thioether (sulfide) groups is 2. The van der Waals surface area contributed by atoms with Crippen LogP contribution in [0.1, 0.15) is 10.9 Å². The van der Waals surface area contributed by atoms with E-state index >= 15 is 0 Å². The predicted molar refractivity (Wildman–Crippen MR) is 138 cm³/mol. The summed E-state index contributed by atoms with van der Waals surface area (Å²) < 4.78 is 1.46. The molecule has 5 N–H and O–H groups in total. The third-order valence-electron chi connectivity index (χ3n) is 5.96. The minimum Gasteiger partial charge on any atom is -0.477 e. The molecule has 2 unspecified atom stereocenters. The number of aryl methyl sites for hydroxylation is 1. The smallest absolute Gasteiger partial charge is 0.352 e. The van der Waals surface area contributed by atoms with Gasteiger partial charge in [-0.15, -0.1) is 28.2 Å². The summed E-state index contributed by atoms with van der Waals surface area (Å²) >= 11 is 3.81. The van der Waals surface area contributed by atoms with Crippen molar-refractivity contribution in [1.82, 2.24) is 51.5 Å². The van der Waals surface area contributed by atoms with Gasteiger partial charge in [-0.05, 0) is 27.4 Å². The fraction of sp³-hybridized carbons (Fsp3) is 0.400. The number of carboxylic acids is 1. The van der Waals surface area contributed by atoms with Crippen LogP contribution in [0.3, 0.4) is 0 Å². The standard InChI is InChI=1S/C20H22N10O6S3/c1-28-20(24-26-27-28)39-8-9-7-38-16-12(15(32)30(16)13(9)17(33)34)22-14(31)11(10-3-2-6-37-10)23-18(35)25-29-5-4-21-19(29)36/h2-3,6,11-12,16H,4-5,7-8H2,1H3,(H,21,36)(H,22,31)(H,33,34)(H2,23,25,35)/t11?,12-,16?/m0/s1. The maximum Gasteiger partial charge on any atom is 0.352 e. The van der Waals surface area contributed by atoms with Gasteiger partial charge >= 0.3 is 18.0 Å². The summed E-state index contributed by atoms with van der Waals surface area (Å²) in [6.45, 7) is 0.640. The molecule has 0 saturated carbocycles. The first-order valence-corrected chi connectivity index (χ1v) is 14.4. The SMILES string of the molecule is Cn1nnnc1SCC1=C(C(=O)O)N2C(=O)[C@H](NC(=O)C(NC(=O)NN3CCNC3=O)c3cccs3)C2SC1. The van der Waals surface area contributed by atoms with Crippen molar-refractivity contribution in [2.45, 2.75) is 22.6 Å². The molecule has 39 heavy (non-hydrogen) atoms. The van der Waals surface area contributed by atoms with Crippen LogP contribution in [0.25, 0.3) is 0 Å². The van der Waals surface area contributed by atoms with Gasteiger partial charge in [0.25, 0.3) is 5.91 Å². The predicted octanol–water partition coefficient (Wildman–Crippen LogP) is -0.917. The van der Waals surface area contributed by atoms with Crippen molar-refractivity contribution in [3.05, 3.63) is 33.7 Å². The highest BCUT2D eigenvalue weighted by Gasteiger charge is 2.54. The summed E-state index contributed by atoms with van der Waals surface area (Å²) in [5.74, 6) is -1.86. The molecule has 19 heteroatoms. The number of tetrazole rings is 1. The quantitative estimate of drug-likeness (QED) is 0.177. The number of hydrazine groups is 1. The second-order valence-electron chi connectivity index (χ2n) is 8.44. The molecule has 16 nitrogen and oxygen atoms in total. The van der Waals surface area contributed by atoms with E-state index in [0.717, 1.165) is 5.01 Å². The van der Waals surface area contributed by atoms with Gasteiger partial charge in [0.15, 0.2) is 0 Å². The largest absolute Gasteiger partial charge is 0.477 e. The summed E-state index contributed by atoms with van der Waals surface area (Å²) in [6, 6.07) is -0.000310. The summed E-state index contributed by atoms with van der Waals surface area (Å²) in [4.78, 5) is 64.4.